The Morgan fingerprint density at radius 2 is 2.26 bits per heavy atom. The first-order valence-corrected chi connectivity index (χ1v) is 12.3. The maximum absolute atomic E-state index is 14.4. The van der Waals surface area contributed by atoms with Gasteiger partial charge in [0.05, 0.1) is 33.4 Å². The van der Waals surface area contributed by atoms with Gasteiger partial charge in [-0.25, -0.2) is 18.9 Å². The van der Waals surface area contributed by atoms with Crippen LogP contribution in [0, 0.1) is 5.82 Å². The fraction of sp³-hybridized carbons (Fsp3) is 0.261. The summed E-state index contributed by atoms with van der Waals surface area (Å²) in [6.07, 6.45) is 7.31. The van der Waals surface area contributed by atoms with Crippen LogP contribution in [-0.4, -0.2) is 51.7 Å². The quantitative estimate of drug-likeness (QED) is 0.253. The number of oxazole rings is 1. The van der Waals surface area contributed by atoms with Crippen LogP contribution >= 0.6 is 22.6 Å². The van der Waals surface area contributed by atoms with Gasteiger partial charge in [0.15, 0.2) is 0 Å². The summed E-state index contributed by atoms with van der Waals surface area (Å²) in [5, 5.41) is 8.76. The highest BCUT2D eigenvalue weighted by atomic mass is 127. The Morgan fingerprint density at radius 3 is 3.00 bits per heavy atom. The molecule has 10 nitrogen and oxygen atoms in total. The zero-order valence-electron chi connectivity index (χ0n) is 18.8. The third-order valence-electron chi connectivity index (χ3n) is 6.11. The van der Waals surface area contributed by atoms with E-state index in [4.69, 9.17) is 4.42 Å². The van der Waals surface area contributed by atoms with Crippen LogP contribution in [0.1, 0.15) is 50.2 Å². The van der Waals surface area contributed by atoms with Crippen LogP contribution in [0.3, 0.4) is 0 Å². The number of aromatic nitrogens is 7. The van der Waals surface area contributed by atoms with Gasteiger partial charge in [0.1, 0.15) is 23.1 Å². The average Bonchev–Trinajstić information content (AvgIpc) is 3.62. The van der Waals surface area contributed by atoms with Crippen molar-refractivity contribution in [3.05, 3.63) is 77.5 Å². The summed E-state index contributed by atoms with van der Waals surface area (Å²) >= 11 is 2.22. The number of nitrogens with zero attached hydrogens (tertiary/aromatic N) is 7. The Bertz CT molecular complexity index is 1560. The van der Waals surface area contributed by atoms with E-state index in [1.165, 1.54) is 10.6 Å². The maximum Gasteiger partial charge on any atom is 0.292 e. The molecule has 2 atom stereocenters. The Balaban J connectivity index is 1.46. The molecule has 0 bridgehead atoms. The molecule has 5 aromatic heterocycles. The monoisotopic (exact) mass is 586 g/mol. The number of hydrogen-bond acceptors (Lipinski definition) is 6. The van der Waals surface area contributed by atoms with Crippen molar-refractivity contribution in [3.8, 4) is 11.5 Å². The minimum Gasteiger partial charge on any atom is -0.430 e. The van der Waals surface area contributed by atoms with Crippen molar-refractivity contribution in [1.82, 2.24) is 39.2 Å². The Morgan fingerprint density at radius 1 is 1.40 bits per heavy atom. The predicted molar refractivity (Wildman–Crippen MR) is 131 cm³/mol. The van der Waals surface area contributed by atoms with Gasteiger partial charge in [-0.15, -0.1) is 0 Å². The number of carbonyl (C=O) groups excluding carboxylic acids is 1. The summed E-state index contributed by atoms with van der Waals surface area (Å²) in [7, 11) is 1.80. The Hall–Kier alpha value is -3.55. The zero-order valence-corrected chi connectivity index (χ0v) is 21.0. The van der Waals surface area contributed by atoms with E-state index >= 15 is 0 Å². The van der Waals surface area contributed by atoms with E-state index in [0.717, 1.165) is 5.69 Å². The highest BCUT2D eigenvalue weighted by Crippen LogP contribution is 2.37. The van der Waals surface area contributed by atoms with E-state index < -0.39 is 6.04 Å². The molecular formula is C23H20FIN8O2. The smallest absolute Gasteiger partial charge is 0.292 e. The van der Waals surface area contributed by atoms with Crippen molar-refractivity contribution in [1.29, 1.82) is 0 Å². The molecule has 0 spiro atoms. The first-order valence-electron chi connectivity index (χ1n) is 11.0. The Labute approximate surface area is 212 Å². The first-order chi connectivity index (χ1) is 16.9. The minimum absolute atomic E-state index is 0.0748. The SMILES string of the molecule is CC(I)c1nc(-c2cnn(C)c2)oc1C(=O)N1CCc2[nH]cnc2[C@H]1c1cc2c(F)cccn2n1. The first kappa shape index (κ1) is 21.9. The number of rotatable bonds is 4. The van der Waals surface area contributed by atoms with Gasteiger partial charge in [0.2, 0.25) is 11.7 Å². The fourth-order valence-electron chi connectivity index (χ4n) is 4.47. The molecule has 0 fully saturated rings. The summed E-state index contributed by atoms with van der Waals surface area (Å²) in [6, 6.07) is 4.02. The summed E-state index contributed by atoms with van der Waals surface area (Å²) in [6.45, 7) is 2.36. The number of hydrogen-bond donors (Lipinski definition) is 1. The van der Waals surface area contributed by atoms with Crippen molar-refractivity contribution >= 4 is 34.0 Å². The number of H-pyrrole nitrogens is 1. The number of pyridine rings is 1. The lowest BCUT2D eigenvalue weighted by Gasteiger charge is -2.33. The summed E-state index contributed by atoms with van der Waals surface area (Å²) in [4.78, 5) is 27.9. The summed E-state index contributed by atoms with van der Waals surface area (Å²) in [5.74, 6) is -0.199. The Kier molecular flexibility index (Phi) is 5.20. The van der Waals surface area contributed by atoms with Gasteiger partial charge in [-0.1, -0.05) is 22.6 Å². The molecule has 6 rings (SSSR count). The maximum atomic E-state index is 14.4. The number of alkyl halides is 1. The molecule has 0 saturated heterocycles. The van der Waals surface area contributed by atoms with Gasteiger partial charge >= 0.3 is 0 Å². The molecule has 1 aliphatic rings. The molecule has 1 N–H and O–H groups in total. The topological polar surface area (TPSA) is 110 Å². The van der Waals surface area contributed by atoms with Crippen LogP contribution in [0.2, 0.25) is 0 Å². The van der Waals surface area contributed by atoms with Gasteiger partial charge in [-0.2, -0.15) is 10.2 Å². The van der Waals surface area contributed by atoms with Crippen LogP contribution in [-0.2, 0) is 13.5 Å². The molecule has 12 heteroatoms. The summed E-state index contributed by atoms with van der Waals surface area (Å²) in [5.41, 5.74) is 3.70. The van der Waals surface area contributed by atoms with Gasteiger partial charge < -0.3 is 14.3 Å². The molecule has 1 amide bonds. The number of amides is 1. The van der Waals surface area contributed by atoms with Gasteiger partial charge in [-0.3, -0.25) is 9.48 Å². The van der Waals surface area contributed by atoms with E-state index in [9.17, 15) is 9.18 Å². The highest BCUT2D eigenvalue weighted by Gasteiger charge is 2.39. The molecule has 0 saturated carbocycles. The number of carbonyl (C=O) groups is 1. The summed E-state index contributed by atoms with van der Waals surface area (Å²) < 4.78 is 23.5. The standard InChI is InChI=1S/C23H20FIN8O2/c1-12(25)18-21(35-22(29-18)13-9-28-31(2)10-13)23(34)32-7-5-15-19(27-11-26-15)20(32)16-8-17-14(24)4-3-6-33(17)30-16/h3-4,6,8-12,20H,5,7H2,1-2H3,(H,26,27)/t12?,20-/m1/s1. The number of aromatic amines is 1. The molecule has 5 aromatic rings. The van der Waals surface area contributed by atoms with E-state index in [2.05, 4.69) is 47.7 Å². The van der Waals surface area contributed by atoms with E-state index in [0.29, 0.717) is 47.0 Å². The van der Waals surface area contributed by atoms with E-state index in [1.54, 1.807) is 53.7 Å². The molecule has 1 unspecified atom stereocenters. The number of imidazole rings is 1. The lowest BCUT2D eigenvalue weighted by atomic mass is 9.99. The lowest BCUT2D eigenvalue weighted by Crippen LogP contribution is -2.41. The predicted octanol–water partition coefficient (Wildman–Crippen LogP) is 3.87. The van der Waals surface area contributed by atoms with Crippen molar-refractivity contribution in [2.24, 2.45) is 7.05 Å². The second-order valence-corrected chi connectivity index (χ2v) is 10.3. The second-order valence-electron chi connectivity index (χ2n) is 8.42. The van der Waals surface area contributed by atoms with Crippen molar-refractivity contribution in [3.63, 3.8) is 0 Å². The van der Waals surface area contributed by atoms with Crippen LogP contribution in [0.25, 0.3) is 17.0 Å². The second kappa shape index (κ2) is 8.29. The normalized spacial score (nSPS) is 16.6. The molecular weight excluding hydrogens is 566 g/mol. The minimum atomic E-state index is -0.610. The average molecular weight is 586 g/mol. The lowest BCUT2D eigenvalue weighted by molar-refractivity contribution is 0.0653. The number of aryl methyl sites for hydroxylation is 1. The molecule has 0 aliphatic carbocycles. The van der Waals surface area contributed by atoms with Crippen molar-refractivity contribution in [2.75, 3.05) is 6.54 Å². The largest absolute Gasteiger partial charge is 0.430 e. The van der Waals surface area contributed by atoms with Crippen molar-refractivity contribution < 1.29 is 13.6 Å². The van der Waals surface area contributed by atoms with E-state index in [-0.39, 0.29) is 21.4 Å². The van der Waals surface area contributed by atoms with Crippen LogP contribution in [0.15, 0.2) is 47.5 Å². The molecule has 1 aliphatic heterocycles. The highest BCUT2D eigenvalue weighted by molar-refractivity contribution is 14.1. The zero-order chi connectivity index (χ0) is 24.3. The van der Waals surface area contributed by atoms with Crippen molar-refractivity contribution in [2.45, 2.75) is 23.3 Å². The number of halogens is 2. The van der Waals surface area contributed by atoms with Crippen LogP contribution in [0.4, 0.5) is 4.39 Å². The van der Waals surface area contributed by atoms with Crippen LogP contribution < -0.4 is 0 Å². The number of fused-ring (bicyclic) bond motifs is 2. The molecule has 0 aromatic carbocycles. The molecule has 178 valence electrons. The van der Waals surface area contributed by atoms with E-state index in [1.807, 2.05) is 6.92 Å². The number of nitrogens with one attached hydrogen (secondary N) is 1. The van der Waals surface area contributed by atoms with Gasteiger partial charge in [0, 0.05) is 38.1 Å². The molecule has 0 radical (unpaired) electrons. The molecule has 35 heavy (non-hydrogen) atoms. The third kappa shape index (κ3) is 3.63. The third-order valence-corrected chi connectivity index (χ3v) is 6.70. The van der Waals surface area contributed by atoms with Crippen LogP contribution in [0.5, 0.6) is 0 Å². The van der Waals surface area contributed by atoms with Gasteiger partial charge in [-0.05, 0) is 25.1 Å². The fourth-order valence-corrected chi connectivity index (χ4v) is 4.89. The molecule has 6 heterocycles. The van der Waals surface area contributed by atoms with Gasteiger partial charge in [0.25, 0.3) is 5.91 Å².